The molecule has 1 fully saturated rings. The Labute approximate surface area is 111 Å². The SMILES string of the molecule is O=C1CO[C@H](c2ccc(OC(F)(F)F)c(Cl)c2)CN1. The summed E-state index contributed by atoms with van der Waals surface area (Å²) in [6.07, 6.45) is -5.23. The van der Waals surface area contributed by atoms with E-state index < -0.39 is 18.2 Å². The molecule has 8 heteroatoms. The van der Waals surface area contributed by atoms with Crippen molar-refractivity contribution in [1.82, 2.24) is 5.32 Å². The lowest BCUT2D eigenvalue weighted by molar-refractivity contribution is -0.274. The molecule has 1 aliphatic heterocycles. The number of ether oxygens (including phenoxy) is 2. The maximum absolute atomic E-state index is 12.1. The van der Waals surface area contributed by atoms with Gasteiger partial charge in [0.1, 0.15) is 18.5 Å². The predicted octanol–water partition coefficient (Wildman–Crippen LogP) is 2.43. The number of halogens is 4. The zero-order valence-electron chi connectivity index (χ0n) is 9.46. The number of hydrogen-bond donors (Lipinski definition) is 1. The van der Waals surface area contributed by atoms with Gasteiger partial charge >= 0.3 is 6.36 Å². The first-order valence-corrected chi connectivity index (χ1v) is 5.66. The highest BCUT2D eigenvalue weighted by atomic mass is 35.5. The highest BCUT2D eigenvalue weighted by Gasteiger charge is 2.32. The number of carbonyl (C=O) groups is 1. The van der Waals surface area contributed by atoms with E-state index in [0.717, 1.165) is 6.07 Å². The van der Waals surface area contributed by atoms with E-state index in [2.05, 4.69) is 10.1 Å². The molecule has 1 N–H and O–H groups in total. The summed E-state index contributed by atoms with van der Waals surface area (Å²) >= 11 is 5.72. The van der Waals surface area contributed by atoms with Crippen molar-refractivity contribution in [3.63, 3.8) is 0 Å². The maximum atomic E-state index is 12.1. The van der Waals surface area contributed by atoms with Gasteiger partial charge < -0.3 is 14.8 Å². The molecule has 1 aliphatic rings. The highest BCUT2D eigenvalue weighted by molar-refractivity contribution is 6.32. The fourth-order valence-corrected chi connectivity index (χ4v) is 1.86. The summed E-state index contributed by atoms with van der Waals surface area (Å²) in [6, 6.07) is 3.85. The number of alkyl halides is 3. The van der Waals surface area contributed by atoms with Crippen molar-refractivity contribution in [2.24, 2.45) is 0 Å². The molecule has 0 spiro atoms. The largest absolute Gasteiger partial charge is 0.573 e. The van der Waals surface area contributed by atoms with Gasteiger partial charge in [-0.2, -0.15) is 0 Å². The molecule has 4 nitrogen and oxygen atoms in total. The van der Waals surface area contributed by atoms with Crippen LogP contribution in [0.3, 0.4) is 0 Å². The molecule has 1 amide bonds. The molecule has 0 aromatic heterocycles. The summed E-state index contributed by atoms with van der Waals surface area (Å²) in [5.74, 6) is -0.711. The van der Waals surface area contributed by atoms with Crippen molar-refractivity contribution >= 4 is 17.5 Å². The number of nitrogens with one attached hydrogen (secondary N) is 1. The Morgan fingerprint density at radius 2 is 2.16 bits per heavy atom. The average molecular weight is 296 g/mol. The van der Waals surface area contributed by atoms with Crippen LogP contribution in [-0.2, 0) is 9.53 Å². The van der Waals surface area contributed by atoms with Gasteiger partial charge in [0.25, 0.3) is 0 Å². The molecular weight excluding hydrogens is 287 g/mol. The summed E-state index contributed by atoms with van der Waals surface area (Å²) in [4.78, 5) is 10.9. The van der Waals surface area contributed by atoms with Gasteiger partial charge in [0.05, 0.1) is 5.02 Å². The Kier molecular flexibility index (Phi) is 3.86. The molecule has 1 atom stereocenters. The van der Waals surface area contributed by atoms with E-state index in [9.17, 15) is 18.0 Å². The smallest absolute Gasteiger partial charge is 0.404 e. The molecule has 1 aromatic rings. The van der Waals surface area contributed by atoms with Crippen LogP contribution in [0.1, 0.15) is 11.7 Å². The number of benzene rings is 1. The minimum Gasteiger partial charge on any atom is -0.404 e. The van der Waals surface area contributed by atoms with Crippen LogP contribution in [0.15, 0.2) is 18.2 Å². The van der Waals surface area contributed by atoms with Gasteiger partial charge in [-0.25, -0.2) is 0 Å². The van der Waals surface area contributed by atoms with Crippen molar-refractivity contribution in [2.75, 3.05) is 13.2 Å². The van der Waals surface area contributed by atoms with Gasteiger partial charge in [0.2, 0.25) is 5.91 Å². The van der Waals surface area contributed by atoms with E-state index in [4.69, 9.17) is 16.3 Å². The van der Waals surface area contributed by atoms with Crippen LogP contribution in [0.4, 0.5) is 13.2 Å². The Hall–Kier alpha value is -1.47. The standard InChI is InChI=1S/C11H9ClF3NO3/c12-7-3-6(9-4-16-10(17)5-18-9)1-2-8(7)19-11(13,14)15/h1-3,9H,4-5H2,(H,16,17)/t9-/m0/s1. The second kappa shape index (κ2) is 5.26. The Morgan fingerprint density at radius 1 is 1.42 bits per heavy atom. The molecule has 0 unspecified atom stereocenters. The number of hydrogen-bond acceptors (Lipinski definition) is 3. The van der Waals surface area contributed by atoms with E-state index in [1.54, 1.807) is 0 Å². The molecule has 0 bridgehead atoms. The van der Waals surface area contributed by atoms with Crippen LogP contribution in [-0.4, -0.2) is 25.4 Å². The maximum Gasteiger partial charge on any atom is 0.573 e. The second-order valence-electron chi connectivity index (χ2n) is 3.84. The lowest BCUT2D eigenvalue weighted by Gasteiger charge is -2.24. The first-order chi connectivity index (χ1) is 8.85. The van der Waals surface area contributed by atoms with Crippen molar-refractivity contribution in [2.45, 2.75) is 12.5 Å². The number of morpholine rings is 1. The van der Waals surface area contributed by atoms with Crippen molar-refractivity contribution in [3.8, 4) is 5.75 Å². The van der Waals surface area contributed by atoms with E-state index in [1.165, 1.54) is 12.1 Å². The van der Waals surface area contributed by atoms with Gasteiger partial charge in [0, 0.05) is 6.54 Å². The Bertz CT molecular complexity index is 483. The first kappa shape index (κ1) is 14.0. The fraction of sp³-hybridized carbons (Fsp3) is 0.364. The zero-order valence-corrected chi connectivity index (χ0v) is 10.2. The number of amides is 1. The molecule has 1 heterocycles. The first-order valence-electron chi connectivity index (χ1n) is 5.28. The molecular formula is C11H9ClF3NO3. The molecule has 0 aliphatic carbocycles. The van der Waals surface area contributed by atoms with Crippen LogP contribution in [0.5, 0.6) is 5.75 Å². The summed E-state index contributed by atoms with van der Waals surface area (Å²) in [6.45, 7) is 0.151. The third-order valence-corrected chi connectivity index (χ3v) is 2.75. The van der Waals surface area contributed by atoms with Gasteiger partial charge in [-0.15, -0.1) is 13.2 Å². The van der Waals surface area contributed by atoms with Crippen molar-refractivity contribution < 1.29 is 27.4 Å². The molecule has 104 valence electrons. The summed E-state index contributed by atoms with van der Waals surface area (Å²) in [5.41, 5.74) is 0.569. The molecule has 19 heavy (non-hydrogen) atoms. The quantitative estimate of drug-likeness (QED) is 0.911. The van der Waals surface area contributed by atoms with Crippen LogP contribution in [0.25, 0.3) is 0 Å². The fourth-order valence-electron chi connectivity index (χ4n) is 1.63. The van der Waals surface area contributed by atoms with Crippen molar-refractivity contribution in [3.05, 3.63) is 28.8 Å². The summed E-state index contributed by atoms with van der Waals surface area (Å²) in [7, 11) is 0. The van der Waals surface area contributed by atoms with Crippen LogP contribution in [0.2, 0.25) is 5.02 Å². The second-order valence-corrected chi connectivity index (χ2v) is 4.25. The van der Waals surface area contributed by atoms with Crippen LogP contribution < -0.4 is 10.1 Å². The van der Waals surface area contributed by atoms with Crippen molar-refractivity contribution in [1.29, 1.82) is 0 Å². The highest BCUT2D eigenvalue weighted by Crippen LogP contribution is 2.33. The minimum atomic E-state index is -4.79. The summed E-state index contributed by atoms with van der Waals surface area (Å²) in [5, 5.41) is 2.41. The van der Waals surface area contributed by atoms with Crippen LogP contribution in [0, 0.1) is 0 Å². The summed E-state index contributed by atoms with van der Waals surface area (Å²) < 4.78 is 45.2. The van der Waals surface area contributed by atoms with E-state index in [0.29, 0.717) is 5.56 Å². The van der Waals surface area contributed by atoms with Gasteiger partial charge in [0.15, 0.2) is 0 Å². The van der Waals surface area contributed by atoms with Gasteiger partial charge in [-0.3, -0.25) is 4.79 Å². The van der Waals surface area contributed by atoms with E-state index in [-0.39, 0.29) is 24.1 Å². The normalized spacial score (nSPS) is 20.0. The third kappa shape index (κ3) is 3.74. The molecule has 2 rings (SSSR count). The Balaban J connectivity index is 2.12. The topological polar surface area (TPSA) is 47.6 Å². The van der Waals surface area contributed by atoms with E-state index in [1.807, 2.05) is 0 Å². The monoisotopic (exact) mass is 295 g/mol. The minimum absolute atomic E-state index is 0.0942. The molecule has 1 saturated heterocycles. The predicted molar refractivity (Wildman–Crippen MR) is 59.8 cm³/mol. The average Bonchev–Trinajstić information content (AvgIpc) is 2.31. The number of rotatable bonds is 2. The third-order valence-electron chi connectivity index (χ3n) is 2.45. The van der Waals surface area contributed by atoms with Gasteiger partial charge in [-0.1, -0.05) is 17.7 Å². The van der Waals surface area contributed by atoms with Gasteiger partial charge in [-0.05, 0) is 17.7 Å². The molecule has 0 saturated carbocycles. The lowest BCUT2D eigenvalue weighted by atomic mass is 10.1. The number of carbonyl (C=O) groups excluding carboxylic acids is 1. The Morgan fingerprint density at radius 3 is 2.68 bits per heavy atom. The van der Waals surface area contributed by atoms with E-state index >= 15 is 0 Å². The zero-order chi connectivity index (χ0) is 14.0. The lowest BCUT2D eigenvalue weighted by Crippen LogP contribution is -2.38. The molecule has 0 radical (unpaired) electrons. The molecule has 1 aromatic carbocycles. The van der Waals surface area contributed by atoms with Crippen LogP contribution >= 0.6 is 11.6 Å².